The van der Waals surface area contributed by atoms with E-state index in [2.05, 4.69) is 15.9 Å². The predicted molar refractivity (Wildman–Crippen MR) is 90.7 cm³/mol. The summed E-state index contributed by atoms with van der Waals surface area (Å²) in [7, 11) is 1.71. The summed E-state index contributed by atoms with van der Waals surface area (Å²) in [6, 6.07) is 14.3. The van der Waals surface area contributed by atoms with Crippen LogP contribution in [-0.4, -0.2) is 19.0 Å². The van der Waals surface area contributed by atoms with Crippen LogP contribution in [0.25, 0.3) is 0 Å². The number of anilines is 1. The van der Waals surface area contributed by atoms with E-state index in [1.807, 2.05) is 24.3 Å². The van der Waals surface area contributed by atoms with E-state index in [4.69, 9.17) is 17.3 Å². The smallest absolute Gasteiger partial charge is 0.243 e. The summed E-state index contributed by atoms with van der Waals surface area (Å²) in [6.07, 6.45) is 0.496. The van der Waals surface area contributed by atoms with Crippen LogP contribution in [0.15, 0.2) is 53.0 Å². The van der Waals surface area contributed by atoms with Crippen molar-refractivity contribution in [1.82, 2.24) is 0 Å². The van der Waals surface area contributed by atoms with Gasteiger partial charge in [-0.3, -0.25) is 4.79 Å². The lowest BCUT2D eigenvalue weighted by atomic mass is 10.1. The number of hydrogen-bond acceptors (Lipinski definition) is 2. The maximum absolute atomic E-state index is 12.4. The summed E-state index contributed by atoms with van der Waals surface area (Å²) in [4.78, 5) is 13.9. The molecule has 0 spiro atoms. The monoisotopic (exact) mass is 366 g/mol. The van der Waals surface area contributed by atoms with E-state index >= 15 is 0 Å². The maximum atomic E-state index is 12.4. The van der Waals surface area contributed by atoms with Gasteiger partial charge in [-0.2, -0.15) is 0 Å². The Hall–Kier alpha value is -1.36. The quantitative estimate of drug-likeness (QED) is 0.897. The summed E-state index contributed by atoms with van der Waals surface area (Å²) >= 11 is 9.26. The van der Waals surface area contributed by atoms with Crippen LogP contribution in [0.1, 0.15) is 5.56 Å². The lowest BCUT2D eigenvalue weighted by molar-refractivity contribution is -0.119. The number of likely N-dealkylation sites (N-methyl/N-ethyl adjacent to an activating group) is 1. The van der Waals surface area contributed by atoms with Gasteiger partial charge in [0.15, 0.2) is 0 Å². The number of benzene rings is 2. The Morgan fingerprint density at radius 1 is 1.29 bits per heavy atom. The highest BCUT2D eigenvalue weighted by Crippen LogP contribution is 2.18. The molecule has 21 heavy (non-hydrogen) atoms. The van der Waals surface area contributed by atoms with Crippen LogP contribution >= 0.6 is 27.5 Å². The first-order valence-electron chi connectivity index (χ1n) is 6.50. The zero-order valence-corrected chi connectivity index (χ0v) is 13.9. The van der Waals surface area contributed by atoms with E-state index in [0.717, 1.165) is 15.7 Å². The summed E-state index contributed by atoms with van der Waals surface area (Å²) in [5.41, 5.74) is 7.83. The first kappa shape index (κ1) is 16.0. The second-order valence-corrected chi connectivity index (χ2v) is 6.17. The standard InChI is InChI=1S/C16H16BrClN2O/c1-20(14-7-5-13(18)6-8-14)16(21)15(19)10-11-3-2-4-12(17)9-11/h2-9,15H,10,19H2,1H3. The topological polar surface area (TPSA) is 46.3 Å². The average Bonchev–Trinajstić information content (AvgIpc) is 2.46. The first-order valence-corrected chi connectivity index (χ1v) is 7.67. The Bertz CT molecular complexity index is 630. The molecule has 2 aromatic rings. The summed E-state index contributed by atoms with van der Waals surface area (Å²) < 4.78 is 0.978. The van der Waals surface area contributed by atoms with E-state index in [-0.39, 0.29) is 5.91 Å². The van der Waals surface area contributed by atoms with Crippen LogP contribution in [0.4, 0.5) is 5.69 Å². The molecule has 0 aliphatic carbocycles. The Kier molecular flexibility index (Phi) is 5.39. The molecule has 0 aliphatic rings. The predicted octanol–water partition coefficient (Wildman–Crippen LogP) is 3.64. The van der Waals surface area contributed by atoms with Gasteiger partial charge in [0.1, 0.15) is 0 Å². The molecule has 0 radical (unpaired) electrons. The van der Waals surface area contributed by atoms with Crippen molar-refractivity contribution < 1.29 is 4.79 Å². The van der Waals surface area contributed by atoms with Crippen molar-refractivity contribution in [2.24, 2.45) is 5.73 Å². The maximum Gasteiger partial charge on any atom is 0.243 e. The van der Waals surface area contributed by atoms with Gasteiger partial charge < -0.3 is 10.6 Å². The molecule has 1 amide bonds. The van der Waals surface area contributed by atoms with Crippen molar-refractivity contribution in [3.63, 3.8) is 0 Å². The van der Waals surface area contributed by atoms with E-state index in [1.165, 1.54) is 0 Å². The Balaban J connectivity index is 2.06. The highest BCUT2D eigenvalue weighted by Gasteiger charge is 2.19. The number of rotatable bonds is 4. The molecule has 2 rings (SSSR count). The normalized spacial score (nSPS) is 12.0. The molecule has 1 atom stereocenters. The molecule has 0 bridgehead atoms. The number of amides is 1. The van der Waals surface area contributed by atoms with Gasteiger partial charge in [-0.1, -0.05) is 39.7 Å². The minimum Gasteiger partial charge on any atom is -0.320 e. The number of hydrogen-bond donors (Lipinski definition) is 1. The fraction of sp³-hybridized carbons (Fsp3) is 0.188. The molecule has 0 saturated carbocycles. The lowest BCUT2D eigenvalue weighted by Crippen LogP contribution is -2.43. The van der Waals surface area contributed by atoms with E-state index in [9.17, 15) is 4.79 Å². The summed E-state index contributed by atoms with van der Waals surface area (Å²) in [5.74, 6) is -0.128. The van der Waals surface area contributed by atoms with Crippen molar-refractivity contribution in [2.45, 2.75) is 12.5 Å². The largest absolute Gasteiger partial charge is 0.320 e. The molecule has 2 aromatic carbocycles. The molecule has 0 heterocycles. The van der Waals surface area contributed by atoms with Gasteiger partial charge in [-0.15, -0.1) is 0 Å². The number of nitrogens with zero attached hydrogens (tertiary/aromatic N) is 1. The second kappa shape index (κ2) is 7.07. The van der Waals surface area contributed by atoms with Crippen LogP contribution in [0.3, 0.4) is 0 Å². The van der Waals surface area contributed by atoms with Gasteiger partial charge in [0.2, 0.25) is 5.91 Å². The van der Waals surface area contributed by atoms with Gasteiger partial charge in [0, 0.05) is 22.2 Å². The fourth-order valence-corrected chi connectivity index (χ4v) is 2.62. The molecule has 110 valence electrons. The molecule has 5 heteroatoms. The molecule has 3 nitrogen and oxygen atoms in total. The van der Waals surface area contributed by atoms with Gasteiger partial charge in [0.05, 0.1) is 6.04 Å². The summed E-state index contributed by atoms with van der Waals surface area (Å²) in [6.45, 7) is 0. The van der Waals surface area contributed by atoms with Gasteiger partial charge in [-0.05, 0) is 48.4 Å². The van der Waals surface area contributed by atoms with Gasteiger partial charge in [0.25, 0.3) is 0 Å². The van der Waals surface area contributed by atoms with Gasteiger partial charge >= 0.3 is 0 Å². The van der Waals surface area contributed by atoms with Crippen LogP contribution in [-0.2, 0) is 11.2 Å². The Morgan fingerprint density at radius 3 is 2.57 bits per heavy atom. The second-order valence-electron chi connectivity index (χ2n) is 4.81. The highest BCUT2D eigenvalue weighted by atomic mass is 79.9. The van der Waals surface area contributed by atoms with Crippen molar-refractivity contribution in [3.05, 3.63) is 63.6 Å². The third-order valence-electron chi connectivity index (χ3n) is 3.21. The molecular weight excluding hydrogens is 352 g/mol. The van der Waals surface area contributed by atoms with Crippen LogP contribution in [0.5, 0.6) is 0 Å². The van der Waals surface area contributed by atoms with Crippen molar-refractivity contribution in [2.75, 3.05) is 11.9 Å². The zero-order valence-electron chi connectivity index (χ0n) is 11.6. The molecule has 0 aromatic heterocycles. The molecular formula is C16H16BrClN2O. The van der Waals surface area contributed by atoms with Crippen molar-refractivity contribution >= 4 is 39.1 Å². The molecule has 2 N–H and O–H groups in total. The summed E-state index contributed by atoms with van der Waals surface area (Å²) in [5, 5.41) is 0.637. The zero-order chi connectivity index (χ0) is 15.4. The molecule has 0 saturated heterocycles. The molecule has 0 fully saturated rings. The van der Waals surface area contributed by atoms with Crippen LogP contribution < -0.4 is 10.6 Å². The first-order chi connectivity index (χ1) is 9.97. The minimum atomic E-state index is -0.583. The SMILES string of the molecule is CN(C(=O)C(N)Cc1cccc(Br)c1)c1ccc(Cl)cc1. The third kappa shape index (κ3) is 4.30. The minimum absolute atomic E-state index is 0.128. The Morgan fingerprint density at radius 2 is 1.95 bits per heavy atom. The molecule has 0 aliphatic heterocycles. The molecule has 1 unspecified atom stereocenters. The van der Waals surface area contributed by atoms with E-state index < -0.39 is 6.04 Å². The third-order valence-corrected chi connectivity index (χ3v) is 3.95. The fourth-order valence-electron chi connectivity index (χ4n) is 2.05. The number of carbonyl (C=O) groups excluding carboxylic acids is 1. The average molecular weight is 368 g/mol. The van der Waals surface area contributed by atoms with Crippen molar-refractivity contribution in [1.29, 1.82) is 0 Å². The number of carbonyl (C=O) groups is 1. The Labute approximate surface area is 137 Å². The lowest BCUT2D eigenvalue weighted by Gasteiger charge is -2.21. The van der Waals surface area contributed by atoms with E-state index in [1.54, 1.807) is 36.2 Å². The highest BCUT2D eigenvalue weighted by molar-refractivity contribution is 9.10. The van der Waals surface area contributed by atoms with Crippen LogP contribution in [0, 0.1) is 0 Å². The van der Waals surface area contributed by atoms with Crippen molar-refractivity contribution in [3.8, 4) is 0 Å². The van der Waals surface area contributed by atoms with E-state index in [0.29, 0.717) is 11.4 Å². The number of halogens is 2. The number of nitrogens with two attached hydrogens (primary N) is 1. The van der Waals surface area contributed by atoms with Gasteiger partial charge in [-0.25, -0.2) is 0 Å². The van der Waals surface area contributed by atoms with Crippen LogP contribution in [0.2, 0.25) is 5.02 Å².